The Morgan fingerprint density at radius 2 is 2.35 bits per heavy atom. The van der Waals surface area contributed by atoms with Crippen LogP contribution in [0.2, 0.25) is 0 Å². The highest BCUT2D eigenvalue weighted by Gasteiger charge is 2.20. The standard InChI is InChI=1S/C12H18N4S/c1-3-12(14,9-13)6-4-8-17-11-15-7-5-10(2)16-11/h5,7H,3-4,6,8,14H2,1-2H3. The highest BCUT2D eigenvalue weighted by molar-refractivity contribution is 7.99. The fourth-order valence-electron chi connectivity index (χ4n) is 1.36. The molecule has 0 spiro atoms. The van der Waals surface area contributed by atoms with Crippen molar-refractivity contribution in [2.24, 2.45) is 5.73 Å². The molecule has 1 heterocycles. The number of hydrogen-bond acceptors (Lipinski definition) is 5. The minimum atomic E-state index is -0.673. The summed E-state index contributed by atoms with van der Waals surface area (Å²) in [5, 5.41) is 9.72. The molecule has 0 saturated carbocycles. The summed E-state index contributed by atoms with van der Waals surface area (Å²) in [6, 6.07) is 4.05. The Morgan fingerprint density at radius 1 is 1.59 bits per heavy atom. The van der Waals surface area contributed by atoms with Crippen molar-refractivity contribution in [2.45, 2.75) is 43.8 Å². The van der Waals surface area contributed by atoms with Crippen LogP contribution in [0.3, 0.4) is 0 Å². The molecule has 92 valence electrons. The van der Waals surface area contributed by atoms with Gasteiger partial charge in [0, 0.05) is 17.6 Å². The molecule has 17 heavy (non-hydrogen) atoms. The molecule has 0 saturated heterocycles. The third kappa shape index (κ3) is 4.72. The lowest BCUT2D eigenvalue weighted by atomic mass is 9.94. The van der Waals surface area contributed by atoms with Crippen LogP contribution >= 0.6 is 11.8 Å². The van der Waals surface area contributed by atoms with Crippen molar-refractivity contribution in [3.05, 3.63) is 18.0 Å². The fourth-order valence-corrected chi connectivity index (χ4v) is 2.17. The van der Waals surface area contributed by atoms with Crippen molar-refractivity contribution in [1.29, 1.82) is 5.26 Å². The van der Waals surface area contributed by atoms with Gasteiger partial charge < -0.3 is 5.73 Å². The number of aromatic nitrogens is 2. The average Bonchev–Trinajstić information content (AvgIpc) is 2.34. The Morgan fingerprint density at radius 3 is 2.94 bits per heavy atom. The summed E-state index contributed by atoms with van der Waals surface area (Å²) in [7, 11) is 0. The average molecular weight is 250 g/mol. The van der Waals surface area contributed by atoms with Crippen LogP contribution in [0.5, 0.6) is 0 Å². The van der Waals surface area contributed by atoms with E-state index in [1.165, 1.54) is 0 Å². The van der Waals surface area contributed by atoms with Crippen molar-refractivity contribution in [2.75, 3.05) is 5.75 Å². The van der Waals surface area contributed by atoms with Gasteiger partial charge in [0.1, 0.15) is 5.54 Å². The number of nitrogens with zero attached hydrogens (tertiary/aromatic N) is 3. The maximum absolute atomic E-state index is 8.93. The van der Waals surface area contributed by atoms with Crippen LogP contribution in [0.15, 0.2) is 17.4 Å². The van der Waals surface area contributed by atoms with Crippen LogP contribution in [0.25, 0.3) is 0 Å². The van der Waals surface area contributed by atoms with Gasteiger partial charge in [0.25, 0.3) is 0 Å². The summed E-state index contributed by atoms with van der Waals surface area (Å²) in [5.41, 5.74) is 6.20. The number of aryl methyl sites for hydroxylation is 1. The van der Waals surface area contributed by atoms with Gasteiger partial charge in [-0.15, -0.1) is 0 Å². The van der Waals surface area contributed by atoms with Crippen molar-refractivity contribution in [3.8, 4) is 6.07 Å². The monoisotopic (exact) mass is 250 g/mol. The van der Waals surface area contributed by atoms with Crippen molar-refractivity contribution in [1.82, 2.24) is 9.97 Å². The van der Waals surface area contributed by atoms with E-state index in [2.05, 4.69) is 16.0 Å². The maximum atomic E-state index is 8.93. The smallest absolute Gasteiger partial charge is 0.187 e. The van der Waals surface area contributed by atoms with Gasteiger partial charge in [0.2, 0.25) is 0 Å². The molecule has 0 aliphatic heterocycles. The molecular formula is C12H18N4S. The second-order valence-corrected chi connectivity index (χ2v) is 5.12. The van der Waals surface area contributed by atoms with Crippen LogP contribution < -0.4 is 5.73 Å². The molecular weight excluding hydrogens is 232 g/mol. The number of hydrogen-bond donors (Lipinski definition) is 1. The molecule has 1 unspecified atom stereocenters. The van der Waals surface area contributed by atoms with E-state index in [1.807, 2.05) is 19.9 Å². The molecule has 1 atom stereocenters. The van der Waals surface area contributed by atoms with Gasteiger partial charge in [-0.25, -0.2) is 9.97 Å². The van der Waals surface area contributed by atoms with Gasteiger partial charge in [0.15, 0.2) is 5.16 Å². The predicted molar refractivity (Wildman–Crippen MR) is 69.5 cm³/mol. The highest BCUT2D eigenvalue weighted by Crippen LogP contribution is 2.18. The van der Waals surface area contributed by atoms with Gasteiger partial charge in [0.05, 0.1) is 6.07 Å². The Hall–Kier alpha value is -1.12. The number of nitriles is 1. The first-order valence-corrected chi connectivity index (χ1v) is 6.71. The van der Waals surface area contributed by atoms with Crippen molar-refractivity contribution >= 4 is 11.8 Å². The number of thioether (sulfide) groups is 1. The molecule has 1 aromatic rings. The van der Waals surface area contributed by atoms with Gasteiger partial charge in [-0.1, -0.05) is 18.7 Å². The molecule has 1 rings (SSSR count). The van der Waals surface area contributed by atoms with Gasteiger partial charge in [-0.2, -0.15) is 5.26 Å². The summed E-state index contributed by atoms with van der Waals surface area (Å²) < 4.78 is 0. The summed E-state index contributed by atoms with van der Waals surface area (Å²) in [4.78, 5) is 8.47. The molecule has 0 radical (unpaired) electrons. The molecule has 0 fully saturated rings. The Bertz CT molecular complexity index is 402. The minimum absolute atomic E-state index is 0.673. The van der Waals surface area contributed by atoms with E-state index < -0.39 is 5.54 Å². The lowest BCUT2D eigenvalue weighted by Gasteiger charge is -2.18. The maximum Gasteiger partial charge on any atom is 0.187 e. The summed E-state index contributed by atoms with van der Waals surface area (Å²) in [5.74, 6) is 0.893. The molecule has 0 aliphatic rings. The first-order chi connectivity index (χ1) is 8.09. The fraction of sp³-hybridized carbons (Fsp3) is 0.583. The molecule has 4 nitrogen and oxygen atoms in total. The minimum Gasteiger partial charge on any atom is -0.313 e. The van der Waals surface area contributed by atoms with Crippen LogP contribution in [-0.4, -0.2) is 21.3 Å². The summed E-state index contributed by atoms with van der Waals surface area (Å²) in [6.07, 6.45) is 4.08. The number of nitrogens with two attached hydrogens (primary N) is 1. The molecule has 5 heteroatoms. The van der Waals surface area contributed by atoms with E-state index in [0.717, 1.165) is 29.4 Å². The van der Waals surface area contributed by atoms with Crippen LogP contribution in [0.1, 0.15) is 31.9 Å². The van der Waals surface area contributed by atoms with Crippen molar-refractivity contribution < 1.29 is 0 Å². The third-order valence-electron chi connectivity index (χ3n) is 2.62. The summed E-state index contributed by atoms with van der Waals surface area (Å²) >= 11 is 1.61. The lowest BCUT2D eigenvalue weighted by molar-refractivity contribution is 0.478. The van der Waals surface area contributed by atoms with E-state index in [9.17, 15) is 0 Å². The first kappa shape index (κ1) is 13.9. The molecule has 0 amide bonds. The third-order valence-corrected chi connectivity index (χ3v) is 3.57. The topological polar surface area (TPSA) is 75.6 Å². The second kappa shape index (κ2) is 6.58. The molecule has 2 N–H and O–H groups in total. The van der Waals surface area contributed by atoms with E-state index >= 15 is 0 Å². The van der Waals surface area contributed by atoms with Gasteiger partial charge in [-0.3, -0.25) is 0 Å². The number of rotatable bonds is 6. The normalized spacial score (nSPS) is 14.0. The van der Waals surface area contributed by atoms with Crippen LogP contribution in [0, 0.1) is 18.3 Å². The molecule has 0 bridgehead atoms. The van der Waals surface area contributed by atoms with E-state index in [0.29, 0.717) is 6.42 Å². The first-order valence-electron chi connectivity index (χ1n) is 5.72. The molecule has 1 aromatic heterocycles. The van der Waals surface area contributed by atoms with E-state index in [-0.39, 0.29) is 0 Å². The molecule has 0 aromatic carbocycles. The zero-order valence-electron chi connectivity index (χ0n) is 10.3. The second-order valence-electron chi connectivity index (χ2n) is 4.05. The zero-order valence-corrected chi connectivity index (χ0v) is 11.1. The van der Waals surface area contributed by atoms with Crippen LogP contribution in [0.4, 0.5) is 0 Å². The Kier molecular flexibility index (Phi) is 5.39. The van der Waals surface area contributed by atoms with Gasteiger partial charge >= 0.3 is 0 Å². The van der Waals surface area contributed by atoms with E-state index in [1.54, 1.807) is 18.0 Å². The zero-order chi connectivity index (χ0) is 12.7. The van der Waals surface area contributed by atoms with Gasteiger partial charge in [-0.05, 0) is 32.3 Å². The molecule has 0 aliphatic carbocycles. The largest absolute Gasteiger partial charge is 0.313 e. The lowest BCUT2D eigenvalue weighted by Crippen LogP contribution is -2.37. The van der Waals surface area contributed by atoms with E-state index in [4.69, 9.17) is 11.0 Å². The quantitative estimate of drug-likeness (QED) is 0.476. The predicted octanol–water partition coefficient (Wildman–Crippen LogP) is 2.29. The highest BCUT2D eigenvalue weighted by atomic mass is 32.2. The Labute approximate surface area is 107 Å². The SMILES string of the molecule is CCC(N)(C#N)CCCSc1nccc(C)n1. The van der Waals surface area contributed by atoms with Crippen LogP contribution in [-0.2, 0) is 0 Å². The van der Waals surface area contributed by atoms with Crippen molar-refractivity contribution in [3.63, 3.8) is 0 Å². The summed E-state index contributed by atoms with van der Waals surface area (Å²) in [6.45, 7) is 3.89. The Balaban J connectivity index is 2.32.